The number of rotatable bonds is 4. The number of ether oxygens (including phenoxy) is 3. The third kappa shape index (κ3) is 6.64. The summed E-state index contributed by atoms with van der Waals surface area (Å²) in [6.45, 7) is 7.31. The van der Waals surface area contributed by atoms with E-state index in [-0.39, 0.29) is 6.61 Å². The zero-order valence-corrected chi connectivity index (χ0v) is 12.2. The van der Waals surface area contributed by atoms with Crippen LogP contribution in [-0.2, 0) is 23.8 Å². The molecule has 0 aromatic heterocycles. The minimum Gasteiger partial charge on any atom is -0.467 e. The van der Waals surface area contributed by atoms with Gasteiger partial charge in [-0.05, 0) is 27.7 Å². The highest BCUT2D eigenvalue weighted by Crippen LogP contribution is 2.12. The van der Waals surface area contributed by atoms with Crippen molar-refractivity contribution in [3.05, 3.63) is 0 Å². The van der Waals surface area contributed by atoms with Crippen molar-refractivity contribution in [3.63, 3.8) is 0 Å². The lowest BCUT2D eigenvalue weighted by Crippen LogP contribution is -2.57. The number of esters is 2. The van der Waals surface area contributed by atoms with Crippen LogP contribution >= 0.6 is 0 Å². The first-order chi connectivity index (χ1) is 8.50. The van der Waals surface area contributed by atoms with E-state index in [0.717, 1.165) is 0 Å². The third-order valence-corrected chi connectivity index (χ3v) is 1.98. The molecule has 0 aromatic rings. The first-order valence-electron chi connectivity index (χ1n) is 5.73. The minimum atomic E-state index is -1.50. The van der Waals surface area contributed by atoms with Gasteiger partial charge in [0.1, 0.15) is 12.2 Å². The summed E-state index contributed by atoms with van der Waals surface area (Å²) in [6.07, 6.45) is -0.799. The van der Waals surface area contributed by atoms with E-state index in [1.165, 1.54) is 21.0 Å². The zero-order valence-electron chi connectivity index (χ0n) is 12.2. The second-order valence-electron chi connectivity index (χ2n) is 5.23. The van der Waals surface area contributed by atoms with Crippen LogP contribution in [0.15, 0.2) is 0 Å². The van der Waals surface area contributed by atoms with E-state index in [9.17, 15) is 14.4 Å². The molecule has 1 N–H and O–H groups in total. The molecule has 0 heterocycles. The molecular weight excluding hydrogens is 254 g/mol. The summed E-state index contributed by atoms with van der Waals surface area (Å²) in [5, 5.41) is 2.34. The van der Waals surface area contributed by atoms with Gasteiger partial charge in [-0.15, -0.1) is 0 Å². The molecule has 7 nitrogen and oxygen atoms in total. The van der Waals surface area contributed by atoms with Crippen molar-refractivity contribution in [2.24, 2.45) is 0 Å². The lowest BCUT2D eigenvalue weighted by atomic mass is 10.0. The Balaban J connectivity index is 4.81. The number of hydrogen-bond acceptors (Lipinski definition) is 6. The van der Waals surface area contributed by atoms with Crippen LogP contribution in [0.1, 0.15) is 34.6 Å². The van der Waals surface area contributed by atoms with Gasteiger partial charge < -0.3 is 19.5 Å². The van der Waals surface area contributed by atoms with Crippen LogP contribution in [0.2, 0.25) is 0 Å². The highest BCUT2D eigenvalue weighted by Gasteiger charge is 2.39. The van der Waals surface area contributed by atoms with Crippen molar-refractivity contribution >= 4 is 18.0 Å². The van der Waals surface area contributed by atoms with Gasteiger partial charge in [0.15, 0.2) is 5.54 Å². The molecule has 7 heteroatoms. The van der Waals surface area contributed by atoms with Crippen LogP contribution < -0.4 is 5.32 Å². The summed E-state index contributed by atoms with van der Waals surface area (Å²) < 4.78 is 14.4. The van der Waals surface area contributed by atoms with Crippen LogP contribution in [0.5, 0.6) is 0 Å². The maximum atomic E-state index is 11.7. The predicted molar refractivity (Wildman–Crippen MR) is 66.4 cm³/mol. The molecule has 0 bridgehead atoms. The Bertz CT molecular complexity index is 360. The summed E-state index contributed by atoms with van der Waals surface area (Å²) in [4.78, 5) is 34.1. The van der Waals surface area contributed by atoms with E-state index in [4.69, 9.17) is 9.47 Å². The Hall–Kier alpha value is -1.79. The molecule has 0 rings (SSSR count). The average molecular weight is 275 g/mol. The standard InChI is InChI=1S/C12H21NO6/c1-8(14)18-7-12(5,9(15)17-6)13-10(16)19-11(2,3)4/h7H2,1-6H3,(H,13,16). The molecule has 0 radical (unpaired) electrons. The van der Waals surface area contributed by atoms with Crippen molar-refractivity contribution in [1.29, 1.82) is 0 Å². The number of alkyl carbamates (subject to hydrolysis) is 1. The van der Waals surface area contributed by atoms with Gasteiger partial charge >= 0.3 is 18.0 Å². The number of nitrogens with one attached hydrogen (secondary N) is 1. The van der Waals surface area contributed by atoms with Crippen molar-refractivity contribution in [2.45, 2.75) is 45.8 Å². The van der Waals surface area contributed by atoms with E-state index in [1.54, 1.807) is 20.8 Å². The number of methoxy groups -OCH3 is 1. The van der Waals surface area contributed by atoms with Crippen molar-refractivity contribution in [1.82, 2.24) is 5.32 Å². The molecular formula is C12H21NO6. The highest BCUT2D eigenvalue weighted by atomic mass is 16.6. The van der Waals surface area contributed by atoms with E-state index >= 15 is 0 Å². The minimum absolute atomic E-state index is 0.339. The smallest absolute Gasteiger partial charge is 0.408 e. The number of hydrogen-bond donors (Lipinski definition) is 1. The summed E-state index contributed by atoms with van der Waals surface area (Å²) in [5.74, 6) is -1.30. The first-order valence-corrected chi connectivity index (χ1v) is 5.73. The number of carbonyl (C=O) groups excluding carboxylic acids is 3. The zero-order chi connectivity index (χ0) is 15.3. The molecule has 0 aliphatic carbocycles. The van der Waals surface area contributed by atoms with Gasteiger partial charge in [-0.3, -0.25) is 4.79 Å². The van der Waals surface area contributed by atoms with Gasteiger partial charge in [-0.25, -0.2) is 9.59 Å². The quantitative estimate of drug-likeness (QED) is 0.608. The molecule has 1 atom stereocenters. The van der Waals surface area contributed by atoms with Gasteiger partial charge in [-0.2, -0.15) is 0 Å². The van der Waals surface area contributed by atoms with Crippen LogP contribution in [0.4, 0.5) is 4.79 Å². The molecule has 0 saturated heterocycles. The van der Waals surface area contributed by atoms with E-state index in [0.29, 0.717) is 0 Å². The Labute approximate surface area is 112 Å². The fourth-order valence-corrected chi connectivity index (χ4v) is 1.15. The van der Waals surface area contributed by atoms with Gasteiger partial charge in [0.05, 0.1) is 7.11 Å². The largest absolute Gasteiger partial charge is 0.467 e. The van der Waals surface area contributed by atoms with Gasteiger partial charge in [0.25, 0.3) is 0 Å². The Morgan fingerprint density at radius 1 is 1.11 bits per heavy atom. The molecule has 19 heavy (non-hydrogen) atoms. The summed E-state index contributed by atoms with van der Waals surface area (Å²) in [7, 11) is 1.17. The molecule has 0 aromatic carbocycles. The SMILES string of the molecule is COC(=O)C(C)(COC(C)=O)NC(=O)OC(C)(C)C. The first kappa shape index (κ1) is 17.2. The lowest BCUT2D eigenvalue weighted by Gasteiger charge is -2.29. The topological polar surface area (TPSA) is 90.9 Å². The van der Waals surface area contributed by atoms with Crippen LogP contribution in [-0.4, -0.2) is 42.9 Å². The normalized spacial score (nSPS) is 14.0. The summed E-state index contributed by atoms with van der Waals surface area (Å²) in [6, 6.07) is 0. The maximum Gasteiger partial charge on any atom is 0.408 e. The van der Waals surface area contributed by atoms with Crippen molar-refractivity contribution in [2.75, 3.05) is 13.7 Å². The highest BCUT2D eigenvalue weighted by molar-refractivity contribution is 5.85. The van der Waals surface area contributed by atoms with Crippen LogP contribution in [0, 0.1) is 0 Å². The maximum absolute atomic E-state index is 11.7. The second kappa shape index (κ2) is 6.40. The lowest BCUT2D eigenvalue weighted by molar-refractivity contribution is -0.154. The predicted octanol–water partition coefficient (Wildman–Crippen LogP) is 1.01. The molecule has 0 aliphatic rings. The molecule has 1 amide bonds. The molecule has 110 valence electrons. The van der Waals surface area contributed by atoms with Gasteiger partial charge in [0.2, 0.25) is 0 Å². The molecule has 0 fully saturated rings. The average Bonchev–Trinajstić information content (AvgIpc) is 2.22. The molecule has 0 saturated carbocycles. The summed E-state index contributed by atoms with van der Waals surface area (Å²) >= 11 is 0. The monoisotopic (exact) mass is 275 g/mol. The summed E-state index contributed by atoms with van der Waals surface area (Å²) in [5.41, 5.74) is -2.20. The van der Waals surface area contributed by atoms with Crippen molar-refractivity contribution < 1.29 is 28.6 Å². The Kier molecular flexibility index (Phi) is 5.80. The van der Waals surface area contributed by atoms with Crippen molar-refractivity contribution in [3.8, 4) is 0 Å². The van der Waals surface area contributed by atoms with Gasteiger partial charge in [0, 0.05) is 6.92 Å². The molecule has 0 spiro atoms. The molecule has 0 aliphatic heterocycles. The van der Waals surface area contributed by atoms with Crippen LogP contribution in [0.3, 0.4) is 0 Å². The fraction of sp³-hybridized carbons (Fsp3) is 0.750. The van der Waals surface area contributed by atoms with E-state index < -0.39 is 29.2 Å². The fourth-order valence-electron chi connectivity index (χ4n) is 1.15. The second-order valence-corrected chi connectivity index (χ2v) is 5.23. The Morgan fingerprint density at radius 3 is 2.00 bits per heavy atom. The third-order valence-electron chi connectivity index (χ3n) is 1.98. The number of carbonyl (C=O) groups is 3. The van der Waals surface area contributed by atoms with Gasteiger partial charge in [-0.1, -0.05) is 0 Å². The Morgan fingerprint density at radius 2 is 1.63 bits per heavy atom. The van der Waals surface area contributed by atoms with Crippen LogP contribution in [0.25, 0.3) is 0 Å². The van der Waals surface area contributed by atoms with E-state index in [1.807, 2.05) is 0 Å². The van der Waals surface area contributed by atoms with E-state index in [2.05, 4.69) is 10.1 Å². The molecule has 1 unspecified atom stereocenters. The number of amides is 1.